The van der Waals surface area contributed by atoms with Gasteiger partial charge in [0.15, 0.2) is 0 Å². The SMILES string of the molecule is CCC(C)C(NC(=O)N1CCc2[nH]cnc2C1c1cc(OC)ccc1OC)C(=O)OC. The van der Waals surface area contributed by atoms with Crippen LogP contribution in [0.2, 0.25) is 0 Å². The molecule has 2 N–H and O–H groups in total. The lowest BCUT2D eigenvalue weighted by Crippen LogP contribution is -2.53. The summed E-state index contributed by atoms with van der Waals surface area (Å²) in [7, 11) is 4.49. The van der Waals surface area contributed by atoms with Crippen LogP contribution < -0.4 is 14.8 Å². The van der Waals surface area contributed by atoms with Gasteiger partial charge in [0.2, 0.25) is 0 Å². The summed E-state index contributed by atoms with van der Waals surface area (Å²) in [5, 5.41) is 2.88. The molecule has 2 heterocycles. The molecular formula is C22H30N4O5. The second-order valence-electron chi connectivity index (χ2n) is 7.56. The van der Waals surface area contributed by atoms with Gasteiger partial charge in [0.1, 0.15) is 23.6 Å². The number of rotatable bonds is 7. The lowest BCUT2D eigenvalue weighted by Gasteiger charge is -2.37. The normalized spacial score (nSPS) is 17.3. The van der Waals surface area contributed by atoms with Crippen molar-refractivity contribution in [3.63, 3.8) is 0 Å². The van der Waals surface area contributed by atoms with Crippen LogP contribution in [0, 0.1) is 5.92 Å². The first kappa shape index (κ1) is 22.5. The van der Waals surface area contributed by atoms with Gasteiger partial charge in [0, 0.05) is 24.2 Å². The molecule has 9 heteroatoms. The molecular weight excluding hydrogens is 400 g/mol. The van der Waals surface area contributed by atoms with Crippen molar-refractivity contribution in [1.82, 2.24) is 20.2 Å². The van der Waals surface area contributed by atoms with E-state index in [1.54, 1.807) is 31.5 Å². The molecule has 1 aliphatic heterocycles. The number of imidazole rings is 1. The zero-order chi connectivity index (χ0) is 22.5. The number of aromatic nitrogens is 2. The summed E-state index contributed by atoms with van der Waals surface area (Å²) >= 11 is 0. The van der Waals surface area contributed by atoms with E-state index in [0.717, 1.165) is 23.4 Å². The Morgan fingerprint density at radius 2 is 2.06 bits per heavy atom. The Morgan fingerprint density at radius 1 is 1.29 bits per heavy atom. The predicted molar refractivity (Wildman–Crippen MR) is 114 cm³/mol. The lowest BCUT2D eigenvalue weighted by molar-refractivity contribution is -0.144. The van der Waals surface area contributed by atoms with E-state index in [4.69, 9.17) is 14.2 Å². The van der Waals surface area contributed by atoms with Crippen LogP contribution in [-0.4, -0.2) is 60.8 Å². The molecule has 31 heavy (non-hydrogen) atoms. The van der Waals surface area contributed by atoms with E-state index in [9.17, 15) is 9.59 Å². The summed E-state index contributed by atoms with van der Waals surface area (Å²) in [5.74, 6) is 0.722. The highest BCUT2D eigenvalue weighted by atomic mass is 16.5. The number of fused-ring (bicyclic) bond motifs is 1. The first-order valence-electron chi connectivity index (χ1n) is 10.3. The molecule has 0 radical (unpaired) electrons. The second kappa shape index (κ2) is 9.72. The topological polar surface area (TPSA) is 106 Å². The van der Waals surface area contributed by atoms with E-state index in [1.165, 1.54) is 7.11 Å². The largest absolute Gasteiger partial charge is 0.497 e. The van der Waals surface area contributed by atoms with Gasteiger partial charge in [-0.15, -0.1) is 0 Å². The van der Waals surface area contributed by atoms with E-state index in [2.05, 4.69) is 15.3 Å². The van der Waals surface area contributed by atoms with Crippen molar-refractivity contribution in [2.45, 2.75) is 38.8 Å². The summed E-state index contributed by atoms with van der Waals surface area (Å²) in [6.45, 7) is 4.32. The molecule has 1 aromatic heterocycles. The summed E-state index contributed by atoms with van der Waals surface area (Å²) in [4.78, 5) is 35.1. The van der Waals surface area contributed by atoms with Crippen LogP contribution in [0.4, 0.5) is 4.79 Å². The van der Waals surface area contributed by atoms with Crippen molar-refractivity contribution in [1.29, 1.82) is 0 Å². The Hall–Kier alpha value is -3.23. The van der Waals surface area contributed by atoms with E-state index >= 15 is 0 Å². The molecule has 3 atom stereocenters. The zero-order valence-corrected chi connectivity index (χ0v) is 18.6. The molecule has 3 unspecified atom stereocenters. The molecule has 0 spiro atoms. The second-order valence-corrected chi connectivity index (χ2v) is 7.56. The third-order valence-electron chi connectivity index (χ3n) is 5.86. The summed E-state index contributed by atoms with van der Waals surface area (Å²) in [6.07, 6.45) is 2.97. The van der Waals surface area contributed by atoms with Gasteiger partial charge in [-0.1, -0.05) is 20.3 Å². The molecule has 0 saturated heterocycles. The Morgan fingerprint density at radius 3 is 2.71 bits per heavy atom. The number of esters is 1. The molecule has 1 aromatic carbocycles. The minimum absolute atomic E-state index is 0.0769. The van der Waals surface area contributed by atoms with Crippen LogP contribution in [-0.2, 0) is 16.0 Å². The van der Waals surface area contributed by atoms with Gasteiger partial charge in [0.25, 0.3) is 0 Å². The Balaban J connectivity index is 2.01. The highest BCUT2D eigenvalue weighted by Crippen LogP contribution is 2.39. The molecule has 0 bridgehead atoms. The number of nitrogens with one attached hydrogen (secondary N) is 2. The maximum Gasteiger partial charge on any atom is 0.328 e. The number of aromatic amines is 1. The average Bonchev–Trinajstić information content (AvgIpc) is 3.29. The van der Waals surface area contributed by atoms with Gasteiger partial charge in [-0.05, 0) is 24.1 Å². The van der Waals surface area contributed by atoms with Crippen LogP contribution in [0.25, 0.3) is 0 Å². The third kappa shape index (κ3) is 4.45. The summed E-state index contributed by atoms with van der Waals surface area (Å²) in [5.41, 5.74) is 2.46. The number of hydrogen-bond donors (Lipinski definition) is 2. The van der Waals surface area contributed by atoms with Crippen LogP contribution in [0.1, 0.15) is 43.3 Å². The first-order chi connectivity index (χ1) is 14.9. The molecule has 2 aromatic rings. The minimum atomic E-state index is -0.740. The maximum atomic E-state index is 13.4. The van der Waals surface area contributed by atoms with E-state index in [0.29, 0.717) is 24.5 Å². The number of urea groups is 1. The Bertz CT molecular complexity index is 928. The van der Waals surface area contributed by atoms with Gasteiger partial charge in [-0.3, -0.25) is 0 Å². The fraction of sp³-hybridized carbons (Fsp3) is 0.500. The van der Waals surface area contributed by atoms with Gasteiger partial charge in [-0.25, -0.2) is 14.6 Å². The van der Waals surface area contributed by atoms with Crippen molar-refractivity contribution in [2.75, 3.05) is 27.9 Å². The lowest BCUT2D eigenvalue weighted by atomic mass is 9.94. The van der Waals surface area contributed by atoms with E-state index in [1.807, 2.05) is 26.0 Å². The Kier molecular flexibility index (Phi) is 7.04. The van der Waals surface area contributed by atoms with Gasteiger partial charge in [-0.2, -0.15) is 0 Å². The number of nitrogens with zero attached hydrogens (tertiary/aromatic N) is 2. The maximum absolute atomic E-state index is 13.4. The number of carbonyl (C=O) groups excluding carboxylic acids is 2. The molecule has 2 amide bonds. The van der Waals surface area contributed by atoms with Crippen LogP contribution in [0.3, 0.4) is 0 Å². The van der Waals surface area contributed by atoms with Crippen LogP contribution >= 0.6 is 0 Å². The Labute approximate surface area is 182 Å². The van der Waals surface area contributed by atoms with Gasteiger partial charge in [0.05, 0.1) is 33.4 Å². The molecule has 0 aliphatic carbocycles. The van der Waals surface area contributed by atoms with Crippen molar-refractivity contribution in [3.05, 3.63) is 41.5 Å². The first-order valence-corrected chi connectivity index (χ1v) is 10.3. The number of H-pyrrole nitrogens is 1. The molecule has 0 saturated carbocycles. The van der Waals surface area contributed by atoms with E-state index < -0.39 is 18.1 Å². The quantitative estimate of drug-likeness (QED) is 0.654. The van der Waals surface area contributed by atoms with Gasteiger partial charge >= 0.3 is 12.0 Å². The average molecular weight is 431 g/mol. The molecule has 1 aliphatic rings. The zero-order valence-electron chi connectivity index (χ0n) is 18.6. The fourth-order valence-corrected chi connectivity index (χ4v) is 3.88. The number of hydrogen-bond acceptors (Lipinski definition) is 6. The number of methoxy groups -OCH3 is 3. The predicted octanol–water partition coefficient (Wildman–Crippen LogP) is 2.67. The highest BCUT2D eigenvalue weighted by Gasteiger charge is 2.38. The van der Waals surface area contributed by atoms with Crippen molar-refractivity contribution in [3.8, 4) is 11.5 Å². The van der Waals surface area contributed by atoms with Gasteiger partial charge < -0.3 is 29.4 Å². The molecule has 3 rings (SSSR count). The molecule has 0 fully saturated rings. The third-order valence-corrected chi connectivity index (χ3v) is 5.86. The highest BCUT2D eigenvalue weighted by molar-refractivity contribution is 5.84. The molecule has 168 valence electrons. The van der Waals surface area contributed by atoms with Crippen molar-refractivity contribution < 1.29 is 23.8 Å². The van der Waals surface area contributed by atoms with Crippen molar-refractivity contribution in [2.24, 2.45) is 5.92 Å². The molecule has 9 nitrogen and oxygen atoms in total. The monoisotopic (exact) mass is 430 g/mol. The number of amides is 2. The summed E-state index contributed by atoms with van der Waals surface area (Å²) in [6, 6.07) is 3.85. The standard InChI is InChI=1S/C22H30N4O5/c1-6-13(2)18(21(27)31-5)25-22(28)26-10-9-16-19(24-12-23-16)20(26)15-11-14(29-3)7-8-17(15)30-4/h7-8,11-13,18,20H,6,9-10H2,1-5H3,(H,23,24)(H,25,28). The summed E-state index contributed by atoms with van der Waals surface area (Å²) < 4.78 is 15.9. The number of ether oxygens (including phenoxy) is 3. The van der Waals surface area contributed by atoms with Crippen LogP contribution in [0.15, 0.2) is 24.5 Å². The smallest absolute Gasteiger partial charge is 0.328 e. The fourth-order valence-electron chi connectivity index (χ4n) is 3.88. The van der Waals surface area contributed by atoms with Crippen LogP contribution in [0.5, 0.6) is 11.5 Å². The number of benzene rings is 1. The number of carbonyl (C=O) groups is 2. The minimum Gasteiger partial charge on any atom is -0.497 e. The van der Waals surface area contributed by atoms with Crippen molar-refractivity contribution >= 4 is 12.0 Å². The van der Waals surface area contributed by atoms with E-state index in [-0.39, 0.29) is 11.9 Å².